The van der Waals surface area contributed by atoms with E-state index in [2.05, 4.69) is 5.32 Å². The monoisotopic (exact) mass is 323 g/mol. The largest absolute Gasteiger partial charge is 0.354 e. The average Bonchev–Trinajstić information content (AvgIpc) is 2.53. The minimum absolute atomic E-state index is 0.0275. The maximum absolute atomic E-state index is 12.7. The van der Waals surface area contributed by atoms with Crippen molar-refractivity contribution in [3.63, 3.8) is 0 Å². The molecule has 3 N–H and O–H groups in total. The number of amides is 2. The summed E-state index contributed by atoms with van der Waals surface area (Å²) in [6.45, 7) is 1.52. The van der Waals surface area contributed by atoms with Gasteiger partial charge in [-0.05, 0) is 37.5 Å². The van der Waals surface area contributed by atoms with E-state index in [1.165, 1.54) is 0 Å². The van der Waals surface area contributed by atoms with E-state index in [0.717, 1.165) is 19.3 Å². The summed E-state index contributed by atoms with van der Waals surface area (Å²) in [6.07, 6.45) is 3.26. The second kappa shape index (κ2) is 8.15. The fraction of sp³-hybridized carbons (Fsp3) is 0.500. The lowest BCUT2D eigenvalue weighted by atomic mass is 10.0. The van der Waals surface area contributed by atoms with Crippen LogP contribution in [0.2, 0.25) is 5.02 Å². The molecule has 0 aromatic heterocycles. The second-order valence-electron chi connectivity index (χ2n) is 5.50. The molecule has 0 bridgehead atoms. The number of nitrogens with two attached hydrogens (primary N) is 1. The van der Waals surface area contributed by atoms with Crippen LogP contribution < -0.4 is 11.1 Å². The van der Waals surface area contributed by atoms with Crippen molar-refractivity contribution in [1.82, 2.24) is 10.2 Å². The van der Waals surface area contributed by atoms with E-state index in [0.29, 0.717) is 36.6 Å². The molecular formula is C16H22ClN3O2. The zero-order valence-corrected chi connectivity index (χ0v) is 13.3. The van der Waals surface area contributed by atoms with Crippen molar-refractivity contribution < 1.29 is 9.59 Å². The van der Waals surface area contributed by atoms with Gasteiger partial charge in [-0.3, -0.25) is 9.59 Å². The normalized spacial score (nSPS) is 18.1. The molecule has 2 amide bonds. The van der Waals surface area contributed by atoms with Crippen LogP contribution in [-0.4, -0.2) is 42.4 Å². The highest BCUT2D eigenvalue weighted by Crippen LogP contribution is 2.20. The summed E-state index contributed by atoms with van der Waals surface area (Å²) in [5.41, 5.74) is 5.96. The van der Waals surface area contributed by atoms with E-state index < -0.39 is 0 Å². The number of nitrogens with zero attached hydrogens (tertiary/aromatic N) is 1. The molecule has 0 aliphatic carbocycles. The Bertz CT molecular complexity index is 536. The SMILES string of the molecule is NCCC(=O)NCC1CCCCN1C(=O)c1cccc(Cl)c1. The molecule has 1 atom stereocenters. The minimum Gasteiger partial charge on any atom is -0.354 e. The van der Waals surface area contributed by atoms with E-state index in [9.17, 15) is 9.59 Å². The van der Waals surface area contributed by atoms with Crippen LogP contribution in [0.25, 0.3) is 0 Å². The van der Waals surface area contributed by atoms with Crippen LogP contribution in [0.3, 0.4) is 0 Å². The van der Waals surface area contributed by atoms with Gasteiger partial charge in [0.05, 0.1) is 0 Å². The van der Waals surface area contributed by atoms with Crippen LogP contribution in [0.4, 0.5) is 0 Å². The highest BCUT2D eigenvalue weighted by atomic mass is 35.5. The Kier molecular flexibility index (Phi) is 6.21. The number of carbonyl (C=O) groups excluding carboxylic acids is 2. The van der Waals surface area contributed by atoms with Gasteiger partial charge in [0.2, 0.25) is 5.91 Å². The number of carbonyl (C=O) groups is 2. The van der Waals surface area contributed by atoms with Crippen molar-refractivity contribution in [2.24, 2.45) is 5.73 Å². The Morgan fingerprint density at radius 3 is 2.91 bits per heavy atom. The summed E-state index contributed by atoms with van der Waals surface area (Å²) < 4.78 is 0. The highest BCUT2D eigenvalue weighted by Gasteiger charge is 2.27. The Morgan fingerprint density at radius 2 is 2.18 bits per heavy atom. The standard InChI is InChI=1S/C16H22ClN3O2/c17-13-5-3-4-12(10-13)16(22)20-9-2-1-6-14(20)11-19-15(21)7-8-18/h3-5,10,14H,1-2,6-9,11,18H2,(H,19,21). The topological polar surface area (TPSA) is 75.4 Å². The molecule has 1 saturated heterocycles. The Morgan fingerprint density at radius 1 is 1.36 bits per heavy atom. The van der Waals surface area contributed by atoms with Gasteiger partial charge in [-0.15, -0.1) is 0 Å². The van der Waals surface area contributed by atoms with Gasteiger partial charge < -0.3 is 16.0 Å². The van der Waals surface area contributed by atoms with Crippen molar-refractivity contribution in [3.8, 4) is 0 Å². The van der Waals surface area contributed by atoms with Crippen molar-refractivity contribution in [3.05, 3.63) is 34.9 Å². The van der Waals surface area contributed by atoms with Crippen LogP contribution >= 0.6 is 11.6 Å². The number of halogens is 1. The first-order chi connectivity index (χ1) is 10.6. The Hall–Kier alpha value is -1.59. The van der Waals surface area contributed by atoms with Crippen molar-refractivity contribution >= 4 is 23.4 Å². The van der Waals surface area contributed by atoms with Crippen LogP contribution in [-0.2, 0) is 4.79 Å². The summed E-state index contributed by atoms with van der Waals surface area (Å²) >= 11 is 5.96. The molecule has 1 unspecified atom stereocenters. The van der Waals surface area contributed by atoms with Gasteiger partial charge in [-0.25, -0.2) is 0 Å². The Balaban J connectivity index is 2.02. The van der Waals surface area contributed by atoms with Crippen LogP contribution in [0.15, 0.2) is 24.3 Å². The van der Waals surface area contributed by atoms with Gasteiger partial charge >= 0.3 is 0 Å². The molecule has 0 radical (unpaired) electrons. The van der Waals surface area contributed by atoms with E-state index in [4.69, 9.17) is 17.3 Å². The minimum atomic E-state index is -0.0665. The molecule has 1 fully saturated rings. The number of likely N-dealkylation sites (tertiary alicyclic amines) is 1. The fourth-order valence-electron chi connectivity index (χ4n) is 2.72. The molecule has 1 heterocycles. The van der Waals surface area contributed by atoms with E-state index in [1.54, 1.807) is 24.3 Å². The highest BCUT2D eigenvalue weighted by molar-refractivity contribution is 6.30. The zero-order valence-electron chi connectivity index (χ0n) is 12.6. The molecule has 120 valence electrons. The number of benzene rings is 1. The predicted molar refractivity (Wildman–Crippen MR) is 86.8 cm³/mol. The fourth-order valence-corrected chi connectivity index (χ4v) is 2.91. The molecule has 0 saturated carbocycles. The first-order valence-corrected chi connectivity index (χ1v) is 8.03. The smallest absolute Gasteiger partial charge is 0.254 e. The molecule has 1 aliphatic heterocycles. The first-order valence-electron chi connectivity index (χ1n) is 7.65. The molecule has 5 nitrogen and oxygen atoms in total. The quantitative estimate of drug-likeness (QED) is 0.867. The van der Waals surface area contributed by atoms with E-state index in [1.807, 2.05) is 4.90 Å². The predicted octanol–water partition coefficient (Wildman–Crippen LogP) is 1.80. The molecule has 1 aromatic carbocycles. The lowest BCUT2D eigenvalue weighted by Crippen LogP contribution is -2.49. The number of hydrogen-bond acceptors (Lipinski definition) is 3. The summed E-state index contributed by atoms with van der Waals surface area (Å²) in [7, 11) is 0. The van der Waals surface area contributed by atoms with E-state index >= 15 is 0 Å². The third kappa shape index (κ3) is 4.45. The first kappa shape index (κ1) is 16.8. The number of nitrogens with one attached hydrogen (secondary N) is 1. The van der Waals surface area contributed by atoms with Gasteiger partial charge in [0, 0.05) is 42.7 Å². The average molecular weight is 324 g/mol. The van der Waals surface area contributed by atoms with Crippen molar-refractivity contribution in [1.29, 1.82) is 0 Å². The third-order valence-corrected chi connectivity index (χ3v) is 4.10. The molecule has 2 rings (SSSR count). The molecule has 0 spiro atoms. The van der Waals surface area contributed by atoms with Gasteiger partial charge in [-0.2, -0.15) is 0 Å². The lowest BCUT2D eigenvalue weighted by molar-refractivity contribution is -0.121. The Labute approximate surface area is 135 Å². The van der Waals surface area contributed by atoms with Gasteiger partial charge in [0.25, 0.3) is 5.91 Å². The maximum Gasteiger partial charge on any atom is 0.254 e. The van der Waals surface area contributed by atoms with Gasteiger partial charge in [-0.1, -0.05) is 17.7 Å². The number of hydrogen-bond donors (Lipinski definition) is 2. The molecule has 1 aromatic rings. The summed E-state index contributed by atoms with van der Waals surface area (Å²) in [5.74, 6) is -0.0940. The summed E-state index contributed by atoms with van der Waals surface area (Å²) in [4.78, 5) is 26.1. The molecule has 1 aliphatic rings. The number of rotatable bonds is 5. The van der Waals surface area contributed by atoms with Crippen molar-refractivity contribution in [2.45, 2.75) is 31.7 Å². The molecule has 6 heteroatoms. The molecular weight excluding hydrogens is 302 g/mol. The lowest BCUT2D eigenvalue weighted by Gasteiger charge is -2.36. The summed E-state index contributed by atoms with van der Waals surface area (Å²) in [6, 6.07) is 7.01. The second-order valence-corrected chi connectivity index (χ2v) is 5.94. The van der Waals surface area contributed by atoms with Gasteiger partial charge in [0.1, 0.15) is 0 Å². The third-order valence-electron chi connectivity index (χ3n) is 3.87. The van der Waals surface area contributed by atoms with E-state index in [-0.39, 0.29) is 17.9 Å². The zero-order chi connectivity index (χ0) is 15.9. The maximum atomic E-state index is 12.7. The van der Waals surface area contributed by atoms with Gasteiger partial charge in [0.15, 0.2) is 0 Å². The van der Waals surface area contributed by atoms with Crippen LogP contribution in [0, 0.1) is 0 Å². The van der Waals surface area contributed by atoms with Crippen LogP contribution in [0.1, 0.15) is 36.0 Å². The van der Waals surface area contributed by atoms with Crippen molar-refractivity contribution in [2.75, 3.05) is 19.6 Å². The summed E-state index contributed by atoms with van der Waals surface area (Å²) in [5, 5.41) is 3.41. The molecule has 22 heavy (non-hydrogen) atoms. The van der Waals surface area contributed by atoms with Crippen LogP contribution in [0.5, 0.6) is 0 Å². The number of piperidine rings is 1.